The Labute approximate surface area is 77.7 Å². The maximum atomic E-state index is 3.51. The average molecular weight is 227 g/mol. The number of halogens is 1. The fourth-order valence-corrected chi connectivity index (χ4v) is 1.93. The highest BCUT2D eigenvalue weighted by atomic mass is 79.9. The quantitative estimate of drug-likeness (QED) is 0.550. The minimum atomic E-state index is 0.0238. The predicted octanol–water partition coefficient (Wildman–Crippen LogP) is 2.60. The maximum absolute atomic E-state index is 3.51. The zero-order chi connectivity index (χ0) is 7.94. The molecule has 1 aromatic rings. The number of benzene rings is 1. The van der Waals surface area contributed by atoms with Crippen molar-refractivity contribution in [3.8, 4) is 0 Å². The summed E-state index contributed by atoms with van der Waals surface area (Å²) in [6.45, 7) is 0. The monoisotopic (exact) mass is 226 g/mol. The molecule has 0 radical (unpaired) electrons. The fraction of sp³-hybridized carbons (Fsp3) is 0.111. The smallest absolute Gasteiger partial charge is 0.102 e. The van der Waals surface area contributed by atoms with Crippen LogP contribution >= 0.6 is 15.3 Å². The van der Waals surface area contributed by atoms with Gasteiger partial charge in [0.1, 0.15) is 8.14 Å². The van der Waals surface area contributed by atoms with Gasteiger partial charge in [0.05, 0.1) is 0 Å². The van der Waals surface area contributed by atoms with Crippen LogP contribution in [0.2, 0.25) is 6.04 Å². The lowest BCUT2D eigenvalue weighted by Crippen LogP contribution is -1.71. The van der Waals surface area contributed by atoms with Crippen molar-refractivity contribution in [1.29, 1.82) is 0 Å². The second-order valence-electron chi connectivity index (χ2n) is 2.29. The lowest BCUT2D eigenvalue weighted by atomic mass is 10.2. The molecule has 0 heterocycles. The molecule has 2 heteroatoms. The van der Waals surface area contributed by atoms with Crippen LogP contribution in [0.5, 0.6) is 0 Å². The highest BCUT2D eigenvalue weighted by Crippen LogP contribution is 2.01. The Morgan fingerprint density at radius 3 is 2.64 bits per heavy atom. The molecule has 0 aromatic heterocycles. The molecule has 0 nitrogen and oxygen atoms in total. The summed E-state index contributed by atoms with van der Waals surface area (Å²) in [5.74, 6) is 0. The Balaban J connectivity index is 2.50. The van der Waals surface area contributed by atoms with Crippen LogP contribution in [0.1, 0.15) is 5.56 Å². The molecule has 11 heavy (non-hydrogen) atoms. The number of allylic oxidation sites excluding steroid dienone is 1. The van der Waals surface area contributed by atoms with E-state index in [1.54, 1.807) is 0 Å². The molecule has 0 atom stereocenters. The topological polar surface area (TPSA) is 0 Å². The summed E-state index contributed by atoms with van der Waals surface area (Å²) >= 11 is 3.51. The van der Waals surface area contributed by atoms with E-state index in [4.69, 9.17) is 0 Å². The minimum absolute atomic E-state index is 0.0238. The molecule has 0 saturated heterocycles. The van der Waals surface area contributed by atoms with Gasteiger partial charge in [0.15, 0.2) is 0 Å². The van der Waals surface area contributed by atoms with Crippen LogP contribution in [-0.2, 0) is 0 Å². The van der Waals surface area contributed by atoms with Crippen molar-refractivity contribution in [2.24, 2.45) is 0 Å². The van der Waals surface area contributed by atoms with Crippen LogP contribution in [0.15, 0.2) is 36.4 Å². The Morgan fingerprint density at radius 2 is 2.00 bits per heavy atom. The Bertz CT molecular complexity index is 218. The van der Waals surface area contributed by atoms with E-state index >= 15 is 0 Å². The molecule has 0 aliphatic carbocycles. The summed E-state index contributed by atoms with van der Waals surface area (Å²) in [5.41, 5.74) is 1.29. The molecule has 0 unspecified atom stereocenters. The van der Waals surface area contributed by atoms with Crippen LogP contribution in [-0.4, -0.2) is 8.14 Å². The van der Waals surface area contributed by atoms with Crippen molar-refractivity contribution in [3.05, 3.63) is 42.0 Å². The van der Waals surface area contributed by atoms with E-state index in [1.807, 2.05) is 6.07 Å². The van der Waals surface area contributed by atoms with E-state index in [9.17, 15) is 0 Å². The first-order valence-electron chi connectivity index (χ1n) is 3.71. The van der Waals surface area contributed by atoms with Gasteiger partial charge in [0, 0.05) is 0 Å². The number of hydrogen-bond donors (Lipinski definition) is 0. The van der Waals surface area contributed by atoms with Gasteiger partial charge in [0.25, 0.3) is 0 Å². The van der Waals surface area contributed by atoms with Crippen LogP contribution in [0, 0.1) is 0 Å². The van der Waals surface area contributed by atoms with Gasteiger partial charge in [0.2, 0.25) is 0 Å². The summed E-state index contributed by atoms with van der Waals surface area (Å²) in [4.78, 5) is 0. The summed E-state index contributed by atoms with van der Waals surface area (Å²) in [7, 11) is 0.0238. The van der Waals surface area contributed by atoms with E-state index in [2.05, 4.69) is 51.7 Å². The van der Waals surface area contributed by atoms with Crippen molar-refractivity contribution in [1.82, 2.24) is 0 Å². The number of hydrogen-bond acceptors (Lipinski definition) is 0. The lowest BCUT2D eigenvalue weighted by Gasteiger charge is -1.89. The Kier molecular flexibility index (Phi) is 4.24. The van der Waals surface area contributed by atoms with E-state index in [-0.39, 0.29) is 8.14 Å². The molecule has 0 aliphatic rings. The van der Waals surface area contributed by atoms with Crippen LogP contribution < -0.4 is 0 Å². The van der Waals surface area contributed by atoms with Crippen molar-refractivity contribution >= 4 is 29.5 Å². The molecule has 1 aromatic carbocycles. The lowest BCUT2D eigenvalue weighted by molar-refractivity contribution is 1.64. The number of rotatable bonds is 3. The first-order chi connectivity index (χ1) is 5.43. The molecule has 58 valence electrons. The highest BCUT2D eigenvalue weighted by molar-refractivity contribution is 9.23. The average Bonchev–Trinajstić information content (AvgIpc) is 2.07. The third-order valence-electron chi connectivity index (χ3n) is 1.39. The Morgan fingerprint density at radius 1 is 1.27 bits per heavy atom. The van der Waals surface area contributed by atoms with Crippen LogP contribution in [0.4, 0.5) is 0 Å². The molecule has 0 fully saturated rings. The first-order valence-corrected chi connectivity index (χ1v) is 8.61. The molecule has 0 spiro atoms. The zero-order valence-corrected chi connectivity index (χ0v) is 9.33. The van der Waals surface area contributed by atoms with Gasteiger partial charge in [-0.05, 0) is 11.6 Å². The van der Waals surface area contributed by atoms with Gasteiger partial charge in [-0.3, -0.25) is 0 Å². The van der Waals surface area contributed by atoms with Crippen LogP contribution in [0.3, 0.4) is 0 Å². The van der Waals surface area contributed by atoms with Gasteiger partial charge in [-0.1, -0.05) is 42.5 Å². The molecule has 0 N–H and O–H groups in total. The summed E-state index contributed by atoms with van der Waals surface area (Å²) in [6.07, 6.45) is 4.41. The molecule has 0 amide bonds. The van der Waals surface area contributed by atoms with E-state index in [0.29, 0.717) is 0 Å². The zero-order valence-electron chi connectivity index (χ0n) is 6.33. The molecular weight excluding hydrogens is 216 g/mol. The Hall–Kier alpha value is -0.343. The second kappa shape index (κ2) is 5.33. The molecule has 0 bridgehead atoms. The van der Waals surface area contributed by atoms with Gasteiger partial charge >= 0.3 is 0 Å². The van der Waals surface area contributed by atoms with E-state index in [0.717, 1.165) is 0 Å². The molecule has 1 rings (SSSR count). The van der Waals surface area contributed by atoms with Gasteiger partial charge in [-0.15, -0.1) is 15.3 Å². The van der Waals surface area contributed by atoms with Crippen LogP contribution in [0.25, 0.3) is 6.08 Å². The van der Waals surface area contributed by atoms with E-state index in [1.165, 1.54) is 11.6 Å². The van der Waals surface area contributed by atoms with Crippen molar-refractivity contribution in [2.45, 2.75) is 6.04 Å². The highest BCUT2D eigenvalue weighted by Gasteiger charge is 1.81. The predicted molar refractivity (Wildman–Crippen MR) is 57.8 cm³/mol. The SMILES string of the molecule is Br[SiH2]CC=Cc1ccccc1. The third-order valence-corrected chi connectivity index (χ3v) is 3.31. The van der Waals surface area contributed by atoms with E-state index < -0.39 is 0 Å². The molecule has 0 aliphatic heterocycles. The summed E-state index contributed by atoms with van der Waals surface area (Å²) in [5, 5.41) is 0. The molecule has 0 saturated carbocycles. The van der Waals surface area contributed by atoms with Crippen molar-refractivity contribution < 1.29 is 0 Å². The van der Waals surface area contributed by atoms with Crippen molar-refractivity contribution in [2.75, 3.05) is 0 Å². The normalized spacial score (nSPS) is 11.7. The fourth-order valence-electron chi connectivity index (χ4n) is 0.847. The second-order valence-corrected chi connectivity index (χ2v) is 5.63. The standard InChI is InChI=1S/C9H11BrSi/c10-11-8-4-7-9-5-2-1-3-6-9/h1-7H,8,11H2. The largest absolute Gasteiger partial charge is 0.135 e. The van der Waals surface area contributed by atoms with Crippen molar-refractivity contribution in [3.63, 3.8) is 0 Å². The minimum Gasteiger partial charge on any atom is -0.135 e. The van der Waals surface area contributed by atoms with Gasteiger partial charge < -0.3 is 0 Å². The van der Waals surface area contributed by atoms with Gasteiger partial charge in [-0.2, -0.15) is 0 Å². The summed E-state index contributed by atoms with van der Waals surface area (Å²) < 4.78 is 0. The van der Waals surface area contributed by atoms with Gasteiger partial charge in [-0.25, -0.2) is 0 Å². The molecular formula is C9H11BrSi. The summed E-state index contributed by atoms with van der Waals surface area (Å²) in [6, 6.07) is 11.6. The first kappa shape index (κ1) is 8.75. The maximum Gasteiger partial charge on any atom is 0.102 e. The third kappa shape index (κ3) is 3.53.